The lowest BCUT2D eigenvalue weighted by Crippen LogP contribution is -2.36. The van der Waals surface area contributed by atoms with Crippen molar-refractivity contribution >= 4 is 29.6 Å². The number of imidazole rings is 1. The van der Waals surface area contributed by atoms with Gasteiger partial charge in [-0.25, -0.2) is 14.4 Å². The van der Waals surface area contributed by atoms with Gasteiger partial charge in [0, 0.05) is 43.7 Å². The molecule has 0 bridgehead atoms. The smallest absolute Gasteiger partial charge is 0.259 e. The summed E-state index contributed by atoms with van der Waals surface area (Å²) in [5, 5.41) is 18.8. The summed E-state index contributed by atoms with van der Waals surface area (Å²) in [6.45, 7) is 5.00. The number of nitrogens with one attached hydrogen (secondary N) is 3. The number of benzene rings is 2. The standard InChI is InChI=1S/C32H33FN8O/c1-20(2)41(19-34)31(35)25-9-6-10-29(36-25)38-32(42)23-15-28-27(16-24(23)33)39(17-21-7-4-3-5-8-21)14-13-30-37-26(18-40(28)30)22-11-12-22/h3-10,15-16,18-20,22,34-35H,11-14,17H2,1-2H3,(H,36,38,42). The first-order valence-corrected chi connectivity index (χ1v) is 14.2. The molecule has 0 spiro atoms. The topological polar surface area (TPSA) is 114 Å². The van der Waals surface area contributed by atoms with Gasteiger partial charge in [-0.3, -0.25) is 15.6 Å². The molecule has 1 fully saturated rings. The molecule has 0 atom stereocenters. The van der Waals surface area contributed by atoms with Gasteiger partial charge in [0.05, 0.1) is 29.0 Å². The summed E-state index contributed by atoms with van der Waals surface area (Å²) in [5.41, 5.74) is 3.77. The fraction of sp³-hybridized carbons (Fsp3) is 0.281. The average Bonchev–Trinajstić information content (AvgIpc) is 3.77. The molecule has 0 unspecified atom stereocenters. The summed E-state index contributed by atoms with van der Waals surface area (Å²) >= 11 is 0. The zero-order chi connectivity index (χ0) is 29.4. The highest BCUT2D eigenvalue weighted by Gasteiger charge is 2.30. The van der Waals surface area contributed by atoms with Crippen LogP contribution in [-0.2, 0) is 13.0 Å². The van der Waals surface area contributed by atoms with Gasteiger partial charge in [-0.1, -0.05) is 36.4 Å². The van der Waals surface area contributed by atoms with Gasteiger partial charge in [-0.15, -0.1) is 0 Å². The third-order valence-corrected chi connectivity index (χ3v) is 7.71. The lowest BCUT2D eigenvalue weighted by atomic mass is 10.1. The van der Waals surface area contributed by atoms with E-state index in [9.17, 15) is 4.79 Å². The molecule has 6 rings (SSSR count). The van der Waals surface area contributed by atoms with Crippen molar-refractivity contribution < 1.29 is 9.18 Å². The Bertz CT molecular complexity index is 1660. The van der Waals surface area contributed by atoms with E-state index in [4.69, 9.17) is 15.8 Å². The number of fused-ring (bicyclic) bond motifs is 3. The van der Waals surface area contributed by atoms with E-state index in [1.54, 1.807) is 24.3 Å². The van der Waals surface area contributed by atoms with E-state index in [0.29, 0.717) is 42.5 Å². The van der Waals surface area contributed by atoms with Crippen molar-refractivity contribution in [1.29, 1.82) is 10.8 Å². The molecule has 214 valence electrons. The van der Waals surface area contributed by atoms with Gasteiger partial charge in [0.15, 0.2) is 5.84 Å². The number of hydrogen-bond acceptors (Lipinski definition) is 6. The number of amides is 1. The first-order chi connectivity index (χ1) is 20.3. The van der Waals surface area contributed by atoms with Crippen molar-refractivity contribution in [1.82, 2.24) is 19.4 Å². The number of pyridine rings is 1. The fourth-order valence-electron chi connectivity index (χ4n) is 5.32. The van der Waals surface area contributed by atoms with Crippen LogP contribution in [0.15, 0.2) is 66.9 Å². The Morgan fingerprint density at radius 1 is 1.12 bits per heavy atom. The van der Waals surface area contributed by atoms with E-state index >= 15 is 4.39 Å². The number of nitrogens with zero attached hydrogens (tertiary/aromatic N) is 5. The van der Waals surface area contributed by atoms with Crippen LogP contribution in [-0.4, -0.2) is 50.1 Å². The molecule has 9 nitrogen and oxygen atoms in total. The number of hydrogen-bond donors (Lipinski definition) is 3. The summed E-state index contributed by atoms with van der Waals surface area (Å²) in [5.74, 6) is 0.324. The summed E-state index contributed by atoms with van der Waals surface area (Å²) in [4.78, 5) is 26.4. The Balaban J connectivity index is 1.34. The maximum atomic E-state index is 15.7. The Hall–Kier alpha value is -4.86. The summed E-state index contributed by atoms with van der Waals surface area (Å²) in [6.07, 6.45) is 6.06. The van der Waals surface area contributed by atoms with Crippen molar-refractivity contribution in [2.75, 3.05) is 16.8 Å². The van der Waals surface area contributed by atoms with Gasteiger partial charge < -0.3 is 19.7 Å². The van der Waals surface area contributed by atoms with Gasteiger partial charge in [-0.05, 0) is 50.5 Å². The largest absolute Gasteiger partial charge is 0.365 e. The second-order valence-corrected chi connectivity index (χ2v) is 11.0. The van der Waals surface area contributed by atoms with Gasteiger partial charge in [0.1, 0.15) is 23.2 Å². The van der Waals surface area contributed by atoms with Crippen molar-refractivity contribution in [3.05, 3.63) is 101 Å². The molecule has 1 aliphatic carbocycles. The molecule has 2 aliphatic rings. The lowest BCUT2D eigenvalue weighted by Gasteiger charge is -2.25. The zero-order valence-corrected chi connectivity index (χ0v) is 23.6. The number of amidine groups is 1. The van der Waals surface area contributed by atoms with E-state index in [1.807, 2.05) is 42.8 Å². The number of anilines is 2. The van der Waals surface area contributed by atoms with E-state index in [2.05, 4.69) is 27.3 Å². The van der Waals surface area contributed by atoms with Gasteiger partial charge in [0.25, 0.3) is 5.91 Å². The molecule has 2 aromatic heterocycles. The highest BCUT2D eigenvalue weighted by atomic mass is 19.1. The van der Waals surface area contributed by atoms with Crippen LogP contribution >= 0.6 is 0 Å². The minimum absolute atomic E-state index is 0.0323. The van der Waals surface area contributed by atoms with Crippen LogP contribution < -0.4 is 10.2 Å². The van der Waals surface area contributed by atoms with E-state index in [-0.39, 0.29) is 23.3 Å². The number of rotatable bonds is 8. The molecule has 1 amide bonds. The van der Waals surface area contributed by atoms with E-state index < -0.39 is 11.7 Å². The van der Waals surface area contributed by atoms with Crippen molar-refractivity contribution in [3.63, 3.8) is 0 Å². The fourth-order valence-corrected chi connectivity index (χ4v) is 5.32. The molecule has 42 heavy (non-hydrogen) atoms. The Morgan fingerprint density at radius 2 is 1.90 bits per heavy atom. The second kappa shape index (κ2) is 11.2. The Labute approximate surface area is 244 Å². The van der Waals surface area contributed by atoms with Crippen LogP contribution in [0.3, 0.4) is 0 Å². The quantitative estimate of drug-likeness (QED) is 0.187. The molecule has 1 saturated carbocycles. The molecule has 3 N–H and O–H groups in total. The Morgan fingerprint density at radius 3 is 2.62 bits per heavy atom. The molecule has 4 aromatic rings. The first kappa shape index (κ1) is 27.3. The van der Waals surface area contributed by atoms with Crippen LogP contribution in [0, 0.1) is 16.6 Å². The van der Waals surface area contributed by atoms with Crippen LogP contribution in [0.5, 0.6) is 0 Å². The maximum absolute atomic E-state index is 15.7. The summed E-state index contributed by atoms with van der Waals surface area (Å²) in [7, 11) is 0. The van der Waals surface area contributed by atoms with Crippen LogP contribution in [0.25, 0.3) is 5.69 Å². The van der Waals surface area contributed by atoms with E-state index in [0.717, 1.165) is 36.3 Å². The molecular formula is C32H33FN8O. The average molecular weight is 565 g/mol. The van der Waals surface area contributed by atoms with Crippen LogP contribution in [0.1, 0.15) is 65.7 Å². The third-order valence-electron chi connectivity index (χ3n) is 7.71. The molecule has 3 heterocycles. The molecule has 1 aliphatic heterocycles. The number of carbonyl (C=O) groups is 1. The zero-order valence-electron chi connectivity index (χ0n) is 23.6. The third kappa shape index (κ3) is 5.39. The molecule has 0 saturated heterocycles. The second-order valence-electron chi connectivity index (χ2n) is 11.0. The number of halogens is 1. The monoisotopic (exact) mass is 564 g/mol. The van der Waals surface area contributed by atoms with Crippen molar-refractivity contribution in [2.24, 2.45) is 0 Å². The van der Waals surface area contributed by atoms with Crippen LogP contribution in [0.4, 0.5) is 15.9 Å². The highest BCUT2D eigenvalue weighted by Crippen LogP contribution is 2.41. The normalized spacial score (nSPS) is 14.1. The highest BCUT2D eigenvalue weighted by molar-refractivity contribution is 6.05. The lowest BCUT2D eigenvalue weighted by molar-refractivity contribution is 0.102. The van der Waals surface area contributed by atoms with Crippen molar-refractivity contribution in [3.8, 4) is 5.69 Å². The Kier molecular flexibility index (Phi) is 7.28. The van der Waals surface area contributed by atoms with Crippen molar-refractivity contribution in [2.45, 2.75) is 51.6 Å². The summed E-state index contributed by atoms with van der Waals surface area (Å²) in [6, 6.07) is 17.9. The van der Waals surface area contributed by atoms with Crippen LogP contribution in [0.2, 0.25) is 0 Å². The molecular weight excluding hydrogens is 531 g/mol. The minimum Gasteiger partial charge on any atom is -0.365 e. The van der Waals surface area contributed by atoms with Gasteiger partial charge >= 0.3 is 0 Å². The first-order valence-electron chi connectivity index (χ1n) is 14.2. The molecule has 10 heteroatoms. The van der Waals surface area contributed by atoms with E-state index in [1.165, 1.54) is 11.0 Å². The molecule has 2 aromatic carbocycles. The SMILES string of the molecule is CC(C)N(C=N)C(=N)c1cccc(NC(=O)c2cc3c(cc2F)N(Cc2ccccc2)CCc2nc(C4CC4)cn2-3)n1. The number of aromatic nitrogens is 3. The van der Waals surface area contributed by atoms with Gasteiger partial charge in [-0.2, -0.15) is 0 Å². The predicted molar refractivity (Wildman–Crippen MR) is 161 cm³/mol. The molecule has 0 radical (unpaired) electrons. The minimum atomic E-state index is -0.637. The predicted octanol–water partition coefficient (Wildman–Crippen LogP) is 5.74. The maximum Gasteiger partial charge on any atom is 0.259 e. The summed E-state index contributed by atoms with van der Waals surface area (Å²) < 4.78 is 17.8. The van der Waals surface area contributed by atoms with Gasteiger partial charge in [0.2, 0.25) is 0 Å². The number of carbonyl (C=O) groups excluding carboxylic acids is 1.